The lowest BCUT2D eigenvalue weighted by atomic mass is 10.2. The van der Waals surface area contributed by atoms with Gasteiger partial charge in [0.05, 0.1) is 5.69 Å². The van der Waals surface area contributed by atoms with Crippen LogP contribution in [0.4, 0.5) is 20.6 Å². The van der Waals surface area contributed by atoms with E-state index in [2.05, 4.69) is 10.6 Å². The number of carbonyl (C=O) groups is 1. The van der Waals surface area contributed by atoms with Crippen LogP contribution in [0.25, 0.3) is 0 Å². The summed E-state index contributed by atoms with van der Waals surface area (Å²) in [5.74, 6) is -0.533. The van der Waals surface area contributed by atoms with Gasteiger partial charge in [-0.25, -0.2) is 9.18 Å². The van der Waals surface area contributed by atoms with Gasteiger partial charge < -0.3 is 15.5 Å². The lowest BCUT2D eigenvalue weighted by Crippen LogP contribution is -2.28. The Kier molecular flexibility index (Phi) is 5.22. The number of anilines is 2. The van der Waals surface area contributed by atoms with E-state index < -0.39 is 11.8 Å². The number of urea groups is 1. The van der Waals surface area contributed by atoms with Gasteiger partial charge in [0.25, 0.3) is 0 Å². The van der Waals surface area contributed by atoms with Gasteiger partial charge in [-0.3, -0.25) is 0 Å². The second kappa shape index (κ2) is 7.13. The van der Waals surface area contributed by atoms with E-state index in [1.807, 2.05) is 43.3 Å². The zero-order valence-corrected chi connectivity index (χ0v) is 13.1. The van der Waals surface area contributed by atoms with Crippen molar-refractivity contribution in [3.63, 3.8) is 0 Å². The topological polar surface area (TPSA) is 44.4 Å². The average molecular weight is 322 g/mol. The molecule has 0 aliphatic rings. The first-order valence-electron chi connectivity index (χ1n) is 6.72. The number of nitrogens with one attached hydrogen (secondary N) is 2. The van der Waals surface area contributed by atoms with Crippen LogP contribution in [-0.2, 0) is 6.54 Å². The van der Waals surface area contributed by atoms with E-state index in [0.29, 0.717) is 11.6 Å². The number of hydrogen-bond acceptors (Lipinski definition) is 2. The monoisotopic (exact) mass is 321 g/mol. The van der Waals surface area contributed by atoms with E-state index in [0.717, 1.165) is 11.3 Å². The summed E-state index contributed by atoms with van der Waals surface area (Å²) in [5, 5.41) is 5.46. The van der Waals surface area contributed by atoms with Crippen LogP contribution in [0.2, 0.25) is 5.02 Å². The minimum absolute atomic E-state index is 0.0490. The summed E-state index contributed by atoms with van der Waals surface area (Å²) in [6.45, 7) is 0.349. The molecule has 2 amide bonds. The number of benzene rings is 2. The molecule has 0 atom stereocenters. The van der Waals surface area contributed by atoms with Crippen LogP contribution in [0.15, 0.2) is 42.5 Å². The molecule has 0 radical (unpaired) electrons. The van der Waals surface area contributed by atoms with Crippen LogP contribution in [0, 0.1) is 5.82 Å². The highest BCUT2D eigenvalue weighted by atomic mass is 35.5. The molecule has 22 heavy (non-hydrogen) atoms. The molecule has 0 unspecified atom stereocenters. The molecule has 0 saturated heterocycles. The molecule has 0 spiro atoms. The van der Waals surface area contributed by atoms with Crippen molar-refractivity contribution >= 4 is 29.0 Å². The maximum Gasteiger partial charge on any atom is 0.319 e. The number of halogens is 2. The largest absolute Gasteiger partial charge is 0.378 e. The molecule has 0 aliphatic carbocycles. The highest BCUT2D eigenvalue weighted by Gasteiger charge is 2.07. The first-order chi connectivity index (χ1) is 10.5. The Morgan fingerprint density at radius 1 is 1.18 bits per heavy atom. The fourth-order valence-electron chi connectivity index (χ4n) is 1.85. The second-order valence-electron chi connectivity index (χ2n) is 4.99. The Labute approximate surface area is 133 Å². The van der Waals surface area contributed by atoms with Crippen LogP contribution < -0.4 is 15.5 Å². The third-order valence-electron chi connectivity index (χ3n) is 3.08. The summed E-state index contributed by atoms with van der Waals surface area (Å²) in [6, 6.07) is 11.3. The summed E-state index contributed by atoms with van der Waals surface area (Å²) < 4.78 is 13.5. The van der Waals surface area contributed by atoms with Crippen molar-refractivity contribution in [1.29, 1.82) is 0 Å². The standard InChI is InChI=1S/C16H17ClFN3O/c1-21(2)13-6-3-11(4-7-13)10-19-16(22)20-15-9-12(17)5-8-14(15)18/h3-9H,10H2,1-2H3,(H2,19,20,22). The van der Waals surface area contributed by atoms with E-state index in [-0.39, 0.29) is 5.69 Å². The predicted molar refractivity (Wildman–Crippen MR) is 88.0 cm³/mol. The first-order valence-corrected chi connectivity index (χ1v) is 7.09. The molecule has 0 aromatic heterocycles. The third-order valence-corrected chi connectivity index (χ3v) is 3.32. The minimum atomic E-state index is -0.533. The molecule has 4 nitrogen and oxygen atoms in total. The molecule has 0 saturated carbocycles. The molecule has 6 heteroatoms. The maximum absolute atomic E-state index is 13.5. The van der Waals surface area contributed by atoms with Gasteiger partial charge >= 0.3 is 6.03 Å². The van der Waals surface area contributed by atoms with E-state index in [4.69, 9.17) is 11.6 Å². The van der Waals surface area contributed by atoms with E-state index in [1.165, 1.54) is 18.2 Å². The number of hydrogen-bond donors (Lipinski definition) is 2. The van der Waals surface area contributed by atoms with Crippen molar-refractivity contribution in [3.8, 4) is 0 Å². The Morgan fingerprint density at radius 3 is 2.50 bits per heavy atom. The maximum atomic E-state index is 13.5. The Balaban J connectivity index is 1.91. The molecular formula is C16H17ClFN3O. The lowest BCUT2D eigenvalue weighted by Gasteiger charge is -2.13. The molecule has 0 bridgehead atoms. The summed E-state index contributed by atoms with van der Waals surface area (Å²) in [7, 11) is 3.92. The number of rotatable bonds is 4. The van der Waals surface area contributed by atoms with Gasteiger partial charge in [0.1, 0.15) is 5.82 Å². The van der Waals surface area contributed by atoms with E-state index in [9.17, 15) is 9.18 Å². The summed E-state index contributed by atoms with van der Waals surface area (Å²) in [5.41, 5.74) is 2.08. The summed E-state index contributed by atoms with van der Waals surface area (Å²) >= 11 is 5.77. The molecule has 0 heterocycles. The number of carbonyl (C=O) groups excluding carboxylic acids is 1. The van der Waals surface area contributed by atoms with Gasteiger partial charge in [-0.15, -0.1) is 0 Å². The van der Waals surface area contributed by atoms with Crippen molar-refractivity contribution in [2.75, 3.05) is 24.3 Å². The van der Waals surface area contributed by atoms with Crippen LogP contribution >= 0.6 is 11.6 Å². The SMILES string of the molecule is CN(C)c1ccc(CNC(=O)Nc2cc(Cl)ccc2F)cc1. The van der Waals surface area contributed by atoms with Crippen molar-refractivity contribution in [2.45, 2.75) is 6.54 Å². The minimum Gasteiger partial charge on any atom is -0.378 e. The molecule has 2 aromatic rings. The molecular weight excluding hydrogens is 305 g/mol. The predicted octanol–water partition coefficient (Wildman–Crippen LogP) is 3.87. The Hall–Kier alpha value is -2.27. The number of amides is 2. The third kappa shape index (κ3) is 4.36. The fourth-order valence-corrected chi connectivity index (χ4v) is 2.03. The van der Waals surface area contributed by atoms with Gasteiger partial charge in [-0.2, -0.15) is 0 Å². The zero-order valence-electron chi connectivity index (χ0n) is 12.4. The second-order valence-corrected chi connectivity index (χ2v) is 5.43. The van der Waals surface area contributed by atoms with Gasteiger partial charge in [0.2, 0.25) is 0 Å². The molecule has 0 fully saturated rings. The quantitative estimate of drug-likeness (QED) is 0.898. The molecule has 0 aliphatic heterocycles. The van der Waals surface area contributed by atoms with Crippen LogP contribution in [0.3, 0.4) is 0 Å². The van der Waals surface area contributed by atoms with Crippen LogP contribution in [-0.4, -0.2) is 20.1 Å². The van der Waals surface area contributed by atoms with Gasteiger partial charge in [0.15, 0.2) is 0 Å². The smallest absolute Gasteiger partial charge is 0.319 e. The van der Waals surface area contributed by atoms with Gasteiger partial charge in [0, 0.05) is 31.4 Å². The Morgan fingerprint density at radius 2 is 1.86 bits per heavy atom. The molecule has 2 aromatic carbocycles. The van der Waals surface area contributed by atoms with Crippen LogP contribution in [0.5, 0.6) is 0 Å². The van der Waals surface area contributed by atoms with E-state index >= 15 is 0 Å². The lowest BCUT2D eigenvalue weighted by molar-refractivity contribution is 0.251. The van der Waals surface area contributed by atoms with Crippen LogP contribution in [0.1, 0.15) is 5.56 Å². The first kappa shape index (κ1) is 16.1. The van der Waals surface area contributed by atoms with Gasteiger partial charge in [-0.05, 0) is 35.9 Å². The van der Waals surface area contributed by atoms with Crippen molar-refractivity contribution in [1.82, 2.24) is 5.32 Å². The van der Waals surface area contributed by atoms with Crippen molar-refractivity contribution < 1.29 is 9.18 Å². The highest BCUT2D eigenvalue weighted by molar-refractivity contribution is 6.30. The number of nitrogens with zero attached hydrogens (tertiary/aromatic N) is 1. The molecule has 116 valence electrons. The Bertz CT molecular complexity index is 659. The van der Waals surface area contributed by atoms with Crippen molar-refractivity contribution in [2.24, 2.45) is 0 Å². The molecule has 2 N–H and O–H groups in total. The van der Waals surface area contributed by atoms with E-state index in [1.54, 1.807) is 0 Å². The normalized spacial score (nSPS) is 10.2. The zero-order chi connectivity index (χ0) is 16.1. The fraction of sp³-hybridized carbons (Fsp3) is 0.188. The molecule has 2 rings (SSSR count). The summed E-state index contributed by atoms with van der Waals surface area (Å²) in [6.07, 6.45) is 0. The highest BCUT2D eigenvalue weighted by Crippen LogP contribution is 2.19. The van der Waals surface area contributed by atoms with Crippen molar-refractivity contribution in [3.05, 3.63) is 58.9 Å². The van der Waals surface area contributed by atoms with Gasteiger partial charge in [-0.1, -0.05) is 23.7 Å². The summed E-state index contributed by atoms with van der Waals surface area (Å²) in [4.78, 5) is 13.8. The average Bonchev–Trinajstić information content (AvgIpc) is 2.49.